The van der Waals surface area contributed by atoms with Gasteiger partial charge >= 0.3 is 0 Å². The lowest BCUT2D eigenvalue weighted by atomic mass is 10.1. The highest BCUT2D eigenvalue weighted by molar-refractivity contribution is 6.01. The van der Waals surface area contributed by atoms with E-state index in [1.165, 1.54) is 11.1 Å². The Balaban J connectivity index is 1.58. The Labute approximate surface area is 175 Å². The van der Waals surface area contributed by atoms with Gasteiger partial charge < -0.3 is 9.30 Å². The largest absolute Gasteiger partial charge is 0.496 e. The van der Waals surface area contributed by atoms with Gasteiger partial charge in [-0.3, -0.25) is 4.79 Å². The van der Waals surface area contributed by atoms with Crippen molar-refractivity contribution in [1.82, 2.24) is 9.99 Å². The van der Waals surface area contributed by atoms with Crippen LogP contribution in [0.3, 0.4) is 0 Å². The summed E-state index contributed by atoms with van der Waals surface area (Å²) in [4.78, 5) is 12.7. The number of carbonyl (C=O) groups excluding carboxylic acids is 1. The lowest BCUT2D eigenvalue weighted by molar-refractivity contribution is 0.0952. The zero-order chi connectivity index (χ0) is 21.1. The first kappa shape index (κ1) is 19.5. The number of benzene rings is 3. The summed E-state index contributed by atoms with van der Waals surface area (Å²) < 4.78 is 7.46. The molecular weight excluding hydrogens is 374 g/mol. The first-order valence-corrected chi connectivity index (χ1v) is 9.72. The predicted molar refractivity (Wildman–Crippen MR) is 121 cm³/mol. The maximum atomic E-state index is 12.7. The van der Waals surface area contributed by atoms with Crippen molar-refractivity contribution in [3.8, 4) is 11.4 Å². The molecule has 0 spiro atoms. The molecule has 0 saturated heterocycles. The van der Waals surface area contributed by atoms with Crippen molar-refractivity contribution >= 4 is 22.9 Å². The number of methoxy groups -OCH3 is 1. The second kappa shape index (κ2) is 8.25. The van der Waals surface area contributed by atoms with Crippen molar-refractivity contribution in [3.05, 3.63) is 95.3 Å². The fourth-order valence-corrected chi connectivity index (χ4v) is 3.50. The first-order valence-electron chi connectivity index (χ1n) is 9.72. The molecule has 1 aromatic heterocycles. The van der Waals surface area contributed by atoms with Crippen molar-refractivity contribution in [2.45, 2.75) is 13.8 Å². The Kier molecular flexibility index (Phi) is 5.35. The molecule has 0 radical (unpaired) electrons. The molecule has 5 nitrogen and oxygen atoms in total. The summed E-state index contributed by atoms with van der Waals surface area (Å²) in [5.74, 6) is 0.193. The van der Waals surface area contributed by atoms with Gasteiger partial charge in [-0.2, -0.15) is 5.10 Å². The van der Waals surface area contributed by atoms with Gasteiger partial charge in [0.1, 0.15) is 5.75 Å². The molecule has 3 aromatic carbocycles. The lowest BCUT2D eigenvalue weighted by Crippen LogP contribution is -2.18. The minimum Gasteiger partial charge on any atom is -0.496 e. The molecule has 0 saturated carbocycles. The quantitative estimate of drug-likeness (QED) is 0.380. The van der Waals surface area contributed by atoms with E-state index in [4.69, 9.17) is 4.74 Å². The van der Waals surface area contributed by atoms with E-state index in [2.05, 4.69) is 41.1 Å². The van der Waals surface area contributed by atoms with E-state index < -0.39 is 0 Å². The Morgan fingerprint density at radius 2 is 1.77 bits per heavy atom. The normalized spacial score (nSPS) is 11.2. The number of ether oxygens (including phenoxy) is 1. The van der Waals surface area contributed by atoms with Gasteiger partial charge in [0.15, 0.2) is 0 Å². The van der Waals surface area contributed by atoms with Crippen LogP contribution in [-0.2, 0) is 0 Å². The molecule has 1 N–H and O–H groups in total. The number of carbonyl (C=O) groups is 1. The molecule has 0 bridgehead atoms. The summed E-state index contributed by atoms with van der Waals surface area (Å²) in [5.41, 5.74) is 7.44. The molecule has 4 rings (SSSR count). The molecule has 5 heteroatoms. The van der Waals surface area contributed by atoms with Crippen LogP contribution in [0, 0.1) is 13.8 Å². The number of nitrogens with one attached hydrogen (secondary N) is 1. The highest BCUT2D eigenvalue weighted by Gasteiger charge is 2.13. The third-order valence-corrected chi connectivity index (χ3v) is 5.29. The highest BCUT2D eigenvalue weighted by atomic mass is 16.5. The number of rotatable bonds is 5. The summed E-state index contributed by atoms with van der Waals surface area (Å²) >= 11 is 0. The average Bonchev–Trinajstić information content (AvgIpc) is 3.22. The summed E-state index contributed by atoms with van der Waals surface area (Å²) in [6.07, 6.45) is 3.63. The molecule has 4 aromatic rings. The predicted octanol–water partition coefficient (Wildman–Crippen LogP) is 5.02. The number of aryl methyl sites for hydroxylation is 1. The summed E-state index contributed by atoms with van der Waals surface area (Å²) in [5, 5.41) is 6.17. The van der Waals surface area contributed by atoms with E-state index >= 15 is 0 Å². The molecule has 0 atom stereocenters. The minimum absolute atomic E-state index is 0.321. The summed E-state index contributed by atoms with van der Waals surface area (Å²) in [7, 11) is 1.56. The zero-order valence-electron chi connectivity index (χ0n) is 17.2. The topological polar surface area (TPSA) is 55.6 Å². The van der Waals surface area contributed by atoms with Crippen molar-refractivity contribution < 1.29 is 9.53 Å². The first-order chi connectivity index (χ1) is 14.6. The van der Waals surface area contributed by atoms with E-state index in [-0.39, 0.29) is 5.91 Å². The van der Waals surface area contributed by atoms with E-state index in [1.54, 1.807) is 13.3 Å². The maximum absolute atomic E-state index is 12.7. The number of fused-ring (bicyclic) bond motifs is 1. The molecule has 0 unspecified atom stereocenters. The van der Waals surface area contributed by atoms with Crippen LogP contribution >= 0.6 is 0 Å². The zero-order valence-corrected chi connectivity index (χ0v) is 17.2. The third-order valence-electron chi connectivity index (χ3n) is 5.29. The molecule has 30 heavy (non-hydrogen) atoms. The number of amides is 1. The fourth-order valence-electron chi connectivity index (χ4n) is 3.50. The van der Waals surface area contributed by atoms with Crippen LogP contribution in [0.5, 0.6) is 5.75 Å². The summed E-state index contributed by atoms with van der Waals surface area (Å²) in [6.45, 7) is 4.19. The van der Waals surface area contributed by atoms with Crippen molar-refractivity contribution in [3.63, 3.8) is 0 Å². The van der Waals surface area contributed by atoms with Crippen molar-refractivity contribution in [2.75, 3.05) is 7.11 Å². The van der Waals surface area contributed by atoms with Gasteiger partial charge in [-0.05, 0) is 66.1 Å². The number of hydrogen-bond acceptors (Lipinski definition) is 3. The molecular formula is C25H23N3O2. The van der Waals surface area contributed by atoms with Gasteiger partial charge in [0.2, 0.25) is 0 Å². The number of hydrogen-bond donors (Lipinski definition) is 1. The Bertz CT molecular complexity index is 1250. The van der Waals surface area contributed by atoms with Crippen molar-refractivity contribution in [1.29, 1.82) is 0 Å². The Morgan fingerprint density at radius 1 is 1.00 bits per heavy atom. The van der Waals surface area contributed by atoms with Gasteiger partial charge in [-0.25, -0.2) is 5.43 Å². The Morgan fingerprint density at radius 3 is 2.53 bits per heavy atom. The monoisotopic (exact) mass is 397 g/mol. The fraction of sp³-hybridized carbons (Fsp3) is 0.120. The van der Waals surface area contributed by atoms with Gasteiger partial charge in [0, 0.05) is 11.9 Å². The van der Waals surface area contributed by atoms with Crippen LogP contribution in [0.25, 0.3) is 16.5 Å². The number of hydrazone groups is 1. The molecule has 0 fully saturated rings. The van der Waals surface area contributed by atoms with E-state index in [1.807, 2.05) is 60.8 Å². The van der Waals surface area contributed by atoms with Gasteiger partial charge in [-0.1, -0.05) is 36.4 Å². The van der Waals surface area contributed by atoms with Crippen LogP contribution in [0.2, 0.25) is 0 Å². The van der Waals surface area contributed by atoms with Crippen LogP contribution in [-0.4, -0.2) is 23.8 Å². The highest BCUT2D eigenvalue weighted by Crippen LogP contribution is 2.26. The van der Waals surface area contributed by atoms with Crippen LogP contribution < -0.4 is 10.2 Å². The number of nitrogens with zero attached hydrogens (tertiary/aromatic N) is 2. The van der Waals surface area contributed by atoms with Crippen LogP contribution in [0.1, 0.15) is 27.2 Å². The van der Waals surface area contributed by atoms with E-state index in [0.29, 0.717) is 11.3 Å². The van der Waals surface area contributed by atoms with Gasteiger partial charge in [0.25, 0.3) is 5.91 Å². The standard InChI is InChI=1S/C25H23N3O2/c1-17-8-6-12-23(18(17)2)28-13-7-11-21(28)16-26-27-25(29)22-14-19-9-4-5-10-20(19)15-24(22)30-3/h4-16H,1-3H3,(H,27,29). The Hall–Kier alpha value is -3.86. The van der Waals surface area contributed by atoms with Crippen molar-refractivity contribution in [2.24, 2.45) is 5.10 Å². The smallest absolute Gasteiger partial charge is 0.275 e. The van der Waals surface area contributed by atoms with Gasteiger partial charge in [0.05, 0.1) is 24.6 Å². The SMILES string of the molecule is COc1cc2ccccc2cc1C(=O)NN=Cc1cccn1-c1cccc(C)c1C. The number of aromatic nitrogens is 1. The molecule has 1 heterocycles. The lowest BCUT2D eigenvalue weighted by Gasteiger charge is -2.12. The second-order valence-corrected chi connectivity index (χ2v) is 7.12. The maximum Gasteiger partial charge on any atom is 0.275 e. The average molecular weight is 397 g/mol. The summed E-state index contributed by atoms with van der Waals surface area (Å²) in [6, 6.07) is 21.6. The minimum atomic E-state index is -0.321. The molecule has 0 aliphatic rings. The van der Waals surface area contributed by atoms with Gasteiger partial charge in [-0.15, -0.1) is 0 Å². The van der Waals surface area contributed by atoms with Crippen LogP contribution in [0.4, 0.5) is 0 Å². The van der Waals surface area contributed by atoms with E-state index in [0.717, 1.165) is 22.2 Å². The third kappa shape index (κ3) is 3.70. The molecule has 0 aliphatic carbocycles. The molecule has 1 amide bonds. The molecule has 150 valence electrons. The van der Waals surface area contributed by atoms with E-state index in [9.17, 15) is 4.79 Å². The second-order valence-electron chi connectivity index (χ2n) is 7.12. The van der Waals surface area contributed by atoms with Crippen LogP contribution in [0.15, 0.2) is 78.0 Å². The molecule has 0 aliphatic heterocycles.